The highest BCUT2D eigenvalue weighted by molar-refractivity contribution is 5.95. The van der Waals surface area contributed by atoms with E-state index in [4.69, 9.17) is 18.9 Å². The fraction of sp³-hybridized carbons (Fsp3) is 0.579. The van der Waals surface area contributed by atoms with Gasteiger partial charge in [0.15, 0.2) is 18.1 Å². The van der Waals surface area contributed by atoms with E-state index >= 15 is 0 Å². The molecule has 1 saturated carbocycles. The average Bonchev–Trinajstić information content (AvgIpc) is 2.66. The lowest BCUT2D eigenvalue weighted by Crippen LogP contribution is -2.42. The summed E-state index contributed by atoms with van der Waals surface area (Å²) in [5, 5.41) is 2.95. The van der Waals surface area contributed by atoms with E-state index in [1.54, 1.807) is 6.07 Å². The molecule has 0 aromatic heterocycles. The van der Waals surface area contributed by atoms with Crippen molar-refractivity contribution in [3.63, 3.8) is 0 Å². The molecule has 1 aromatic carbocycles. The van der Waals surface area contributed by atoms with Gasteiger partial charge in [0, 0.05) is 6.04 Å². The van der Waals surface area contributed by atoms with Crippen LogP contribution in [0.2, 0.25) is 0 Å². The fourth-order valence-electron chi connectivity index (χ4n) is 3.25. The van der Waals surface area contributed by atoms with Crippen molar-refractivity contribution in [2.75, 3.05) is 27.9 Å². The lowest BCUT2D eigenvalue weighted by Gasteiger charge is -2.29. The molecule has 2 rings (SSSR count). The predicted octanol–water partition coefficient (Wildman–Crippen LogP) is 2.56. The number of esters is 1. The largest absolute Gasteiger partial charge is 0.493 e. The van der Waals surface area contributed by atoms with Crippen molar-refractivity contribution in [3.8, 4) is 17.2 Å². The topological polar surface area (TPSA) is 83.1 Å². The molecule has 0 spiro atoms. The Kier molecular flexibility index (Phi) is 7.12. The number of rotatable bonds is 7. The molecule has 1 aromatic rings. The first-order valence-electron chi connectivity index (χ1n) is 8.77. The number of carbonyl (C=O) groups excluding carboxylic acids is 2. The van der Waals surface area contributed by atoms with Crippen molar-refractivity contribution in [1.29, 1.82) is 0 Å². The summed E-state index contributed by atoms with van der Waals surface area (Å²) in [7, 11) is 4.37. The molecule has 26 heavy (non-hydrogen) atoms. The number of benzene rings is 1. The zero-order valence-electron chi connectivity index (χ0n) is 15.8. The fourth-order valence-corrected chi connectivity index (χ4v) is 3.25. The number of carbonyl (C=O) groups is 2. The van der Waals surface area contributed by atoms with Crippen LogP contribution in [0.15, 0.2) is 12.1 Å². The highest BCUT2D eigenvalue weighted by Gasteiger charge is 2.25. The number of nitrogens with one attached hydrogen (secondary N) is 1. The Bertz CT molecular complexity index is 645. The second-order valence-electron chi connectivity index (χ2n) is 6.39. The van der Waals surface area contributed by atoms with E-state index < -0.39 is 5.97 Å². The van der Waals surface area contributed by atoms with Crippen LogP contribution in [0, 0.1) is 5.92 Å². The second-order valence-corrected chi connectivity index (χ2v) is 6.39. The highest BCUT2D eigenvalue weighted by atomic mass is 16.5. The molecule has 0 aliphatic heterocycles. The number of ether oxygens (including phenoxy) is 4. The number of amides is 1. The van der Waals surface area contributed by atoms with Gasteiger partial charge < -0.3 is 24.3 Å². The minimum Gasteiger partial charge on any atom is -0.493 e. The third-order valence-electron chi connectivity index (χ3n) is 4.72. The molecule has 0 bridgehead atoms. The monoisotopic (exact) mass is 365 g/mol. The Balaban J connectivity index is 2.00. The van der Waals surface area contributed by atoms with Crippen LogP contribution in [0.4, 0.5) is 0 Å². The van der Waals surface area contributed by atoms with Crippen LogP contribution in [0.3, 0.4) is 0 Å². The SMILES string of the molecule is COc1ccc(C(=O)OCC(=O)N[C@@H]2CCCC[C@H]2C)c(OC)c1OC. The molecule has 7 heteroatoms. The molecule has 1 aliphatic rings. The molecule has 7 nitrogen and oxygen atoms in total. The minimum absolute atomic E-state index is 0.144. The number of hydrogen-bond acceptors (Lipinski definition) is 6. The van der Waals surface area contributed by atoms with Crippen LogP contribution in [0.1, 0.15) is 43.0 Å². The first-order chi connectivity index (χ1) is 12.5. The van der Waals surface area contributed by atoms with Crippen LogP contribution >= 0.6 is 0 Å². The van der Waals surface area contributed by atoms with Gasteiger partial charge in [0.1, 0.15) is 5.56 Å². The van der Waals surface area contributed by atoms with E-state index in [0.29, 0.717) is 17.4 Å². The van der Waals surface area contributed by atoms with E-state index in [2.05, 4.69) is 12.2 Å². The Labute approximate surface area is 153 Å². The molecule has 1 N–H and O–H groups in total. The molecule has 1 aliphatic carbocycles. The molecule has 1 amide bonds. The van der Waals surface area contributed by atoms with Crippen LogP contribution in [0.5, 0.6) is 17.2 Å². The van der Waals surface area contributed by atoms with Crippen LogP contribution in [-0.4, -0.2) is 45.9 Å². The van der Waals surface area contributed by atoms with Gasteiger partial charge in [-0.1, -0.05) is 19.8 Å². The molecule has 2 atom stereocenters. The third-order valence-corrected chi connectivity index (χ3v) is 4.72. The molecular formula is C19H27NO6. The maximum Gasteiger partial charge on any atom is 0.342 e. The number of methoxy groups -OCH3 is 3. The molecule has 144 valence electrons. The Morgan fingerprint density at radius 2 is 1.73 bits per heavy atom. The smallest absolute Gasteiger partial charge is 0.342 e. The van der Waals surface area contributed by atoms with Crippen LogP contribution in [0.25, 0.3) is 0 Å². The zero-order chi connectivity index (χ0) is 19.1. The summed E-state index contributed by atoms with van der Waals surface area (Å²) in [5.74, 6) is 0.425. The quantitative estimate of drug-likeness (QED) is 0.748. The van der Waals surface area contributed by atoms with Crippen molar-refractivity contribution in [2.24, 2.45) is 5.92 Å². The lowest BCUT2D eigenvalue weighted by molar-refractivity contribution is -0.125. The van der Waals surface area contributed by atoms with Crippen LogP contribution < -0.4 is 19.5 Å². The van der Waals surface area contributed by atoms with Crippen molar-refractivity contribution in [1.82, 2.24) is 5.32 Å². The Hall–Kier alpha value is -2.44. The zero-order valence-corrected chi connectivity index (χ0v) is 15.8. The maximum absolute atomic E-state index is 12.4. The standard InChI is InChI=1S/C19H27NO6/c1-12-7-5-6-8-14(12)20-16(21)11-26-19(22)13-9-10-15(23-2)18(25-4)17(13)24-3/h9-10,12,14H,5-8,11H2,1-4H3,(H,20,21)/t12-,14-/m1/s1. The summed E-state index contributed by atoms with van der Waals surface area (Å²) in [6.45, 7) is 1.80. The molecule has 1 fully saturated rings. The molecular weight excluding hydrogens is 338 g/mol. The van der Waals surface area contributed by atoms with E-state index in [1.807, 2.05) is 0 Å². The predicted molar refractivity (Wildman–Crippen MR) is 95.9 cm³/mol. The summed E-state index contributed by atoms with van der Waals surface area (Å²) >= 11 is 0. The van der Waals surface area contributed by atoms with E-state index in [1.165, 1.54) is 33.8 Å². The van der Waals surface area contributed by atoms with Crippen molar-refractivity contribution < 1.29 is 28.5 Å². The van der Waals surface area contributed by atoms with Gasteiger partial charge in [-0.3, -0.25) is 4.79 Å². The van der Waals surface area contributed by atoms with Gasteiger partial charge in [0.25, 0.3) is 5.91 Å². The second kappa shape index (κ2) is 9.31. The Morgan fingerprint density at radius 3 is 2.35 bits per heavy atom. The van der Waals surface area contributed by atoms with Crippen molar-refractivity contribution in [3.05, 3.63) is 17.7 Å². The van der Waals surface area contributed by atoms with Crippen LogP contribution in [-0.2, 0) is 9.53 Å². The summed E-state index contributed by atoms with van der Waals surface area (Å²) in [4.78, 5) is 24.5. The van der Waals surface area contributed by atoms with Crippen molar-refractivity contribution in [2.45, 2.75) is 38.6 Å². The van der Waals surface area contributed by atoms with E-state index in [0.717, 1.165) is 19.3 Å². The van der Waals surface area contributed by atoms with E-state index in [9.17, 15) is 9.59 Å². The third kappa shape index (κ3) is 4.59. The van der Waals surface area contributed by atoms with E-state index in [-0.39, 0.29) is 29.9 Å². The van der Waals surface area contributed by atoms with Gasteiger partial charge in [0.05, 0.1) is 21.3 Å². The first kappa shape index (κ1) is 19.9. The number of hydrogen-bond donors (Lipinski definition) is 1. The summed E-state index contributed by atoms with van der Waals surface area (Å²) in [6.07, 6.45) is 4.37. The van der Waals surface area contributed by atoms with Gasteiger partial charge in [-0.2, -0.15) is 0 Å². The van der Waals surface area contributed by atoms with Crippen molar-refractivity contribution >= 4 is 11.9 Å². The molecule has 0 radical (unpaired) electrons. The average molecular weight is 365 g/mol. The summed E-state index contributed by atoms with van der Waals surface area (Å²) in [5.41, 5.74) is 0.170. The maximum atomic E-state index is 12.4. The minimum atomic E-state index is -0.658. The molecule has 0 heterocycles. The normalized spacial score (nSPS) is 19.4. The molecule has 0 unspecified atom stereocenters. The summed E-state index contributed by atoms with van der Waals surface area (Å²) in [6, 6.07) is 3.25. The van der Waals surface area contributed by atoms with Gasteiger partial charge in [-0.15, -0.1) is 0 Å². The van der Waals surface area contributed by atoms with Gasteiger partial charge in [0.2, 0.25) is 5.75 Å². The lowest BCUT2D eigenvalue weighted by atomic mass is 9.86. The first-order valence-corrected chi connectivity index (χ1v) is 8.77. The highest BCUT2D eigenvalue weighted by Crippen LogP contribution is 2.39. The van der Waals surface area contributed by atoms with Gasteiger partial charge in [-0.25, -0.2) is 4.79 Å². The summed E-state index contributed by atoms with van der Waals surface area (Å²) < 4.78 is 20.9. The molecule has 0 saturated heterocycles. The van der Waals surface area contributed by atoms with Gasteiger partial charge in [-0.05, 0) is 30.9 Å². The Morgan fingerprint density at radius 1 is 1.04 bits per heavy atom. The van der Waals surface area contributed by atoms with Gasteiger partial charge >= 0.3 is 5.97 Å².